The molecule has 1 atom stereocenters. The summed E-state index contributed by atoms with van der Waals surface area (Å²) >= 11 is 0. The molecule has 158 valence electrons. The van der Waals surface area contributed by atoms with E-state index in [0.29, 0.717) is 18.9 Å². The summed E-state index contributed by atoms with van der Waals surface area (Å²) in [7, 11) is 1.38. The van der Waals surface area contributed by atoms with Crippen molar-refractivity contribution in [1.29, 1.82) is 0 Å². The van der Waals surface area contributed by atoms with Gasteiger partial charge in [-0.15, -0.1) is 0 Å². The van der Waals surface area contributed by atoms with Crippen molar-refractivity contribution in [1.82, 2.24) is 5.32 Å². The van der Waals surface area contributed by atoms with Gasteiger partial charge in [-0.3, -0.25) is 4.79 Å². The van der Waals surface area contributed by atoms with Crippen LogP contribution in [0, 0.1) is 0 Å². The second-order valence-electron chi connectivity index (χ2n) is 6.60. The molecule has 7 heteroatoms. The molecule has 29 heavy (non-hydrogen) atoms. The van der Waals surface area contributed by atoms with Gasteiger partial charge in [0.15, 0.2) is 18.1 Å². The minimum absolute atomic E-state index is 0.0244. The summed E-state index contributed by atoms with van der Waals surface area (Å²) in [5.41, 5.74) is 1.91. The van der Waals surface area contributed by atoms with Gasteiger partial charge in [0.2, 0.25) is 0 Å². The molecular weight excluding hydrogens is 380 g/mol. The predicted molar refractivity (Wildman–Crippen MR) is 107 cm³/mol. The van der Waals surface area contributed by atoms with Crippen LogP contribution < -0.4 is 19.5 Å². The Morgan fingerprint density at radius 1 is 1.10 bits per heavy atom. The standard InChI is InChI=1S/C22H27F2NO4/c1-4-15(2)17-7-5-6-8-18(17)28-14-21(26)25-12-11-16-9-10-19(29-22(23)24)20(13-16)27-3/h5-10,13,15,22H,4,11-12,14H2,1-3H3,(H,25,26). The lowest BCUT2D eigenvalue weighted by molar-refractivity contribution is -0.123. The van der Waals surface area contributed by atoms with Crippen molar-refractivity contribution in [3.8, 4) is 17.2 Å². The fraction of sp³-hybridized carbons (Fsp3) is 0.409. The molecule has 5 nitrogen and oxygen atoms in total. The number of nitrogens with one attached hydrogen (secondary N) is 1. The summed E-state index contributed by atoms with van der Waals surface area (Å²) in [5, 5.41) is 2.79. The van der Waals surface area contributed by atoms with E-state index in [4.69, 9.17) is 9.47 Å². The number of para-hydroxylation sites is 1. The SMILES string of the molecule is CCC(C)c1ccccc1OCC(=O)NCCc1ccc(OC(F)F)c(OC)c1. The Labute approximate surface area is 170 Å². The third-order valence-corrected chi connectivity index (χ3v) is 4.60. The van der Waals surface area contributed by atoms with Gasteiger partial charge in [-0.05, 0) is 48.1 Å². The zero-order valence-corrected chi connectivity index (χ0v) is 16.9. The Balaban J connectivity index is 1.83. The molecule has 1 amide bonds. The van der Waals surface area contributed by atoms with Crippen molar-refractivity contribution in [2.24, 2.45) is 0 Å². The van der Waals surface area contributed by atoms with Gasteiger partial charge in [-0.1, -0.05) is 38.1 Å². The Morgan fingerprint density at radius 2 is 1.86 bits per heavy atom. The number of ether oxygens (including phenoxy) is 3. The first kappa shape index (κ1) is 22.5. The number of rotatable bonds is 11. The fourth-order valence-electron chi connectivity index (χ4n) is 2.84. The van der Waals surface area contributed by atoms with Gasteiger partial charge in [0.25, 0.3) is 5.91 Å². The molecule has 0 aliphatic carbocycles. The molecule has 0 fully saturated rings. The average Bonchev–Trinajstić information content (AvgIpc) is 2.72. The molecule has 0 saturated carbocycles. The van der Waals surface area contributed by atoms with E-state index in [0.717, 1.165) is 23.3 Å². The van der Waals surface area contributed by atoms with E-state index in [1.54, 1.807) is 12.1 Å². The highest BCUT2D eigenvalue weighted by atomic mass is 19.3. The van der Waals surface area contributed by atoms with Crippen LogP contribution in [0.2, 0.25) is 0 Å². The van der Waals surface area contributed by atoms with Crippen LogP contribution >= 0.6 is 0 Å². The van der Waals surface area contributed by atoms with Crippen molar-refractivity contribution < 1.29 is 27.8 Å². The van der Waals surface area contributed by atoms with Crippen molar-refractivity contribution in [3.63, 3.8) is 0 Å². The number of alkyl halides is 2. The summed E-state index contributed by atoms with van der Waals surface area (Å²) in [6.45, 7) is 1.62. The molecule has 0 aliphatic rings. The molecule has 0 heterocycles. The number of halogens is 2. The van der Waals surface area contributed by atoms with Crippen LogP contribution in [-0.2, 0) is 11.2 Å². The van der Waals surface area contributed by atoms with E-state index in [9.17, 15) is 13.6 Å². The van der Waals surface area contributed by atoms with Crippen LogP contribution in [-0.4, -0.2) is 32.8 Å². The minimum atomic E-state index is -2.92. The fourth-order valence-corrected chi connectivity index (χ4v) is 2.84. The summed E-state index contributed by atoms with van der Waals surface area (Å²) in [6.07, 6.45) is 1.50. The lowest BCUT2D eigenvalue weighted by Crippen LogP contribution is -2.30. The number of carbonyl (C=O) groups is 1. The predicted octanol–water partition coefficient (Wildman–Crippen LogP) is 4.55. The van der Waals surface area contributed by atoms with Gasteiger partial charge in [0.05, 0.1) is 7.11 Å². The molecule has 1 unspecified atom stereocenters. The van der Waals surface area contributed by atoms with Crippen LogP contribution in [0.1, 0.15) is 37.3 Å². The number of hydrogen-bond acceptors (Lipinski definition) is 4. The zero-order valence-electron chi connectivity index (χ0n) is 16.9. The van der Waals surface area contributed by atoms with Crippen molar-refractivity contribution in [3.05, 3.63) is 53.6 Å². The second-order valence-corrected chi connectivity index (χ2v) is 6.60. The molecule has 0 radical (unpaired) electrons. The van der Waals surface area contributed by atoms with Crippen LogP contribution in [0.5, 0.6) is 17.2 Å². The van der Waals surface area contributed by atoms with Gasteiger partial charge >= 0.3 is 6.61 Å². The van der Waals surface area contributed by atoms with Crippen LogP contribution in [0.25, 0.3) is 0 Å². The summed E-state index contributed by atoms with van der Waals surface area (Å²) in [4.78, 5) is 12.1. The first-order chi connectivity index (χ1) is 13.9. The van der Waals surface area contributed by atoms with Crippen LogP contribution in [0.15, 0.2) is 42.5 Å². The van der Waals surface area contributed by atoms with Gasteiger partial charge in [-0.25, -0.2) is 0 Å². The van der Waals surface area contributed by atoms with Gasteiger partial charge < -0.3 is 19.5 Å². The Hall–Kier alpha value is -2.83. The molecule has 2 aromatic rings. The molecule has 0 aliphatic heterocycles. The lowest BCUT2D eigenvalue weighted by Gasteiger charge is -2.15. The smallest absolute Gasteiger partial charge is 0.387 e. The highest BCUT2D eigenvalue weighted by molar-refractivity contribution is 5.77. The van der Waals surface area contributed by atoms with Gasteiger partial charge in [-0.2, -0.15) is 8.78 Å². The number of methoxy groups -OCH3 is 1. The number of amides is 1. The zero-order chi connectivity index (χ0) is 21.2. The average molecular weight is 407 g/mol. The Morgan fingerprint density at radius 3 is 2.55 bits per heavy atom. The van der Waals surface area contributed by atoms with E-state index < -0.39 is 6.61 Å². The number of hydrogen-bond donors (Lipinski definition) is 1. The monoisotopic (exact) mass is 407 g/mol. The topological polar surface area (TPSA) is 56.8 Å². The van der Waals surface area contributed by atoms with E-state index in [2.05, 4.69) is 23.9 Å². The van der Waals surface area contributed by atoms with Gasteiger partial charge in [0.1, 0.15) is 5.75 Å². The third kappa shape index (κ3) is 6.93. The maximum absolute atomic E-state index is 12.4. The molecule has 2 rings (SSSR count). The van der Waals surface area contributed by atoms with Crippen LogP contribution in [0.4, 0.5) is 8.78 Å². The summed E-state index contributed by atoms with van der Waals surface area (Å²) < 4.78 is 39.9. The largest absolute Gasteiger partial charge is 0.493 e. The normalized spacial score (nSPS) is 11.8. The number of carbonyl (C=O) groups excluding carboxylic acids is 1. The summed E-state index contributed by atoms with van der Waals surface area (Å²) in [6, 6.07) is 12.4. The lowest BCUT2D eigenvalue weighted by atomic mass is 9.98. The van der Waals surface area contributed by atoms with E-state index >= 15 is 0 Å². The molecule has 0 bridgehead atoms. The quantitative estimate of drug-likeness (QED) is 0.594. The second kappa shape index (κ2) is 11.2. The van der Waals surface area contributed by atoms with Crippen molar-refractivity contribution >= 4 is 5.91 Å². The minimum Gasteiger partial charge on any atom is -0.493 e. The molecule has 0 saturated heterocycles. The first-order valence-electron chi connectivity index (χ1n) is 9.54. The molecule has 1 N–H and O–H groups in total. The molecular formula is C22H27F2NO4. The van der Waals surface area contributed by atoms with E-state index in [1.165, 1.54) is 13.2 Å². The Bertz CT molecular complexity index is 798. The van der Waals surface area contributed by atoms with E-state index in [1.807, 2.05) is 24.3 Å². The maximum atomic E-state index is 12.4. The molecule has 0 spiro atoms. The van der Waals surface area contributed by atoms with Gasteiger partial charge in [0, 0.05) is 6.54 Å². The maximum Gasteiger partial charge on any atom is 0.387 e. The summed E-state index contributed by atoms with van der Waals surface area (Å²) in [5.74, 6) is 1.04. The first-order valence-corrected chi connectivity index (χ1v) is 9.54. The molecule has 2 aromatic carbocycles. The molecule has 0 aromatic heterocycles. The third-order valence-electron chi connectivity index (χ3n) is 4.60. The van der Waals surface area contributed by atoms with Crippen molar-refractivity contribution in [2.45, 2.75) is 39.2 Å². The number of benzene rings is 2. The van der Waals surface area contributed by atoms with Crippen molar-refractivity contribution in [2.75, 3.05) is 20.3 Å². The highest BCUT2D eigenvalue weighted by Crippen LogP contribution is 2.30. The highest BCUT2D eigenvalue weighted by Gasteiger charge is 2.12. The van der Waals surface area contributed by atoms with Crippen LogP contribution in [0.3, 0.4) is 0 Å². The van der Waals surface area contributed by atoms with E-state index in [-0.39, 0.29) is 24.0 Å². The Kier molecular flexibility index (Phi) is 8.70.